The highest BCUT2D eigenvalue weighted by molar-refractivity contribution is 7.10. The van der Waals surface area contributed by atoms with E-state index in [0.717, 1.165) is 17.7 Å². The van der Waals surface area contributed by atoms with E-state index in [1.807, 2.05) is 31.4 Å². The first kappa shape index (κ1) is 20.7. The van der Waals surface area contributed by atoms with Gasteiger partial charge in [-0.05, 0) is 43.0 Å². The molecule has 0 spiro atoms. The van der Waals surface area contributed by atoms with E-state index in [9.17, 15) is 19.2 Å². The fourth-order valence-corrected chi connectivity index (χ4v) is 3.78. The number of unbranched alkanes of at least 4 members (excludes halogenated alkanes) is 1. The molecule has 152 valence electrons. The number of nitrogens with zero attached hydrogens (tertiary/aromatic N) is 1. The Morgan fingerprint density at radius 2 is 1.93 bits per heavy atom. The summed E-state index contributed by atoms with van der Waals surface area (Å²) in [5.74, 6) is -1.90. The molecule has 3 rings (SSSR count). The van der Waals surface area contributed by atoms with Gasteiger partial charge in [0, 0.05) is 11.4 Å². The maximum atomic E-state index is 12.5. The fraction of sp³-hybridized carbons (Fsp3) is 0.333. The van der Waals surface area contributed by atoms with Crippen molar-refractivity contribution in [2.45, 2.75) is 32.7 Å². The van der Waals surface area contributed by atoms with Crippen molar-refractivity contribution in [1.82, 2.24) is 10.2 Å². The van der Waals surface area contributed by atoms with Crippen LogP contribution in [0.15, 0.2) is 35.7 Å². The van der Waals surface area contributed by atoms with Gasteiger partial charge >= 0.3 is 5.97 Å². The molecule has 7 nitrogen and oxygen atoms in total. The summed E-state index contributed by atoms with van der Waals surface area (Å²) in [4.78, 5) is 51.3. The van der Waals surface area contributed by atoms with E-state index in [-0.39, 0.29) is 28.6 Å². The van der Waals surface area contributed by atoms with Gasteiger partial charge in [-0.2, -0.15) is 0 Å². The number of carbonyl (C=O) groups excluding carboxylic acids is 4. The van der Waals surface area contributed by atoms with Crippen LogP contribution in [0.4, 0.5) is 0 Å². The van der Waals surface area contributed by atoms with E-state index in [1.165, 1.54) is 34.4 Å². The average Bonchev–Trinajstić information content (AvgIpc) is 3.33. The van der Waals surface area contributed by atoms with Gasteiger partial charge in [0.15, 0.2) is 6.61 Å². The lowest BCUT2D eigenvalue weighted by atomic mass is 10.1. The van der Waals surface area contributed by atoms with Crippen molar-refractivity contribution in [3.8, 4) is 0 Å². The number of fused-ring (bicyclic) bond motifs is 1. The molecule has 2 heterocycles. The molecule has 0 unspecified atom stereocenters. The van der Waals surface area contributed by atoms with Gasteiger partial charge < -0.3 is 10.1 Å². The van der Waals surface area contributed by atoms with Crippen LogP contribution in [0.3, 0.4) is 0 Å². The highest BCUT2D eigenvalue weighted by atomic mass is 32.1. The van der Waals surface area contributed by atoms with E-state index >= 15 is 0 Å². The van der Waals surface area contributed by atoms with Gasteiger partial charge in [0.2, 0.25) is 0 Å². The van der Waals surface area contributed by atoms with E-state index in [0.29, 0.717) is 6.54 Å². The molecule has 0 fully saturated rings. The van der Waals surface area contributed by atoms with Crippen LogP contribution in [-0.2, 0) is 9.53 Å². The first-order valence-corrected chi connectivity index (χ1v) is 10.3. The van der Waals surface area contributed by atoms with Crippen LogP contribution in [0.5, 0.6) is 0 Å². The van der Waals surface area contributed by atoms with Crippen LogP contribution in [0.1, 0.15) is 68.7 Å². The largest absolute Gasteiger partial charge is 0.452 e. The van der Waals surface area contributed by atoms with Crippen molar-refractivity contribution in [2.75, 3.05) is 13.2 Å². The Morgan fingerprint density at radius 3 is 2.62 bits per heavy atom. The Hall–Kier alpha value is -3.00. The van der Waals surface area contributed by atoms with E-state index in [2.05, 4.69) is 5.32 Å². The Labute approximate surface area is 172 Å². The summed E-state index contributed by atoms with van der Waals surface area (Å²) in [5, 5.41) is 4.68. The van der Waals surface area contributed by atoms with Gasteiger partial charge in [-0.25, -0.2) is 4.79 Å². The molecule has 1 aromatic heterocycles. The number of amides is 3. The van der Waals surface area contributed by atoms with Crippen molar-refractivity contribution < 1.29 is 23.9 Å². The number of thiophene rings is 1. The lowest BCUT2D eigenvalue weighted by Crippen LogP contribution is -2.30. The summed E-state index contributed by atoms with van der Waals surface area (Å²) in [5.41, 5.74) is 0.600. The molecule has 1 aliphatic rings. The van der Waals surface area contributed by atoms with Crippen molar-refractivity contribution in [1.29, 1.82) is 0 Å². The summed E-state index contributed by atoms with van der Waals surface area (Å²) < 4.78 is 5.06. The third-order valence-corrected chi connectivity index (χ3v) is 5.68. The zero-order valence-corrected chi connectivity index (χ0v) is 17.1. The first-order valence-electron chi connectivity index (χ1n) is 9.42. The smallest absolute Gasteiger partial charge is 0.338 e. The third-order valence-electron chi connectivity index (χ3n) is 4.62. The number of hydrogen-bond donors (Lipinski definition) is 1. The molecule has 2 aromatic rings. The number of ether oxygens (including phenoxy) is 1. The second-order valence-corrected chi connectivity index (χ2v) is 7.74. The molecule has 0 bridgehead atoms. The monoisotopic (exact) mass is 414 g/mol. The van der Waals surface area contributed by atoms with Gasteiger partial charge in [0.25, 0.3) is 17.7 Å². The molecule has 29 heavy (non-hydrogen) atoms. The van der Waals surface area contributed by atoms with Crippen LogP contribution in [0.25, 0.3) is 0 Å². The Kier molecular flexibility index (Phi) is 6.43. The van der Waals surface area contributed by atoms with E-state index in [1.54, 1.807) is 0 Å². The second-order valence-electron chi connectivity index (χ2n) is 6.76. The minimum Gasteiger partial charge on any atom is -0.452 e. The van der Waals surface area contributed by atoms with Gasteiger partial charge in [0.1, 0.15) is 0 Å². The summed E-state index contributed by atoms with van der Waals surface area (Å²) in [6, 6.07) is 7.87. The quantitative estimate of drug-likeness (QED) is 0.529. The highest BCUT2D eigenvalue weighted by Gasteiger charge is 2.35. The molecule has 0 saturated heterocycles. The first-order chi connectivity index (χ1) is 13.9. The molecule has 8 heteroatoms. The van der Waals surface area contributed by atoms with Crippen molar-refractivity contribution in [3.05, 3.63) is 57.3 Å². The molecule has 0 saturated carbocycles. The van der Waals surface area contributed by atoms with Crippen molar-refractivity contribution in [3.63, 3.8) is 0 Å². The molecule has 1 N–H and O–H groups in total. The molecule has 1 aliphatic heterocycles. The lowest BCUT2D eigenvalue weighted by molar-refractivity contribution is -0.124. The topological polar surface area (TPSA) is 92.8 Å². The molecule has 0 aliphatic carbocycles. The van der Waals surface area contributed by atoms with Gasteiger partial charge in [-0.3, -0.25) is 19.3 Å². The van der Waals surface area contributed by atoms with E-state index < -0.39 is 24.4 Å². The van der Waals surface area contributed by atoms with Gasteiger partial charge in [-0.1, -0.05) is 19.4 Å². The van der Waals surface area contributed by atoms with Crippen LogP contribution >= 0.6 is 11.3 Å². The van der Waals surface area contributed by atoms with Crippen LogP contribution in [0, 0.1) is 0 Å². The highest BCUT2D eigenvalue weighted by Crippen LogP contribution is 2.25. The van der Waals surface area contributed by atoms with Crippen molar-refractivity contribution in [2.24, 2.45) is 0 Å². The Bertz CT molecular complexity index is 939. The third kappa shape index (κ3) is 4.54. The number of carbonyl (C=O) groups is 4. The fourth-order valence-electron chi connectivity index (χ4n) is 3.04. The summed E-state index contributed by atoms with van der Waals surface area (Å²) in [6.07, 6.45) is 1.58. The van der Waals surface area contributed by atoms with Crippen LogP contribution in [-0.4, -0.2) is 41.7 Å². The molecular weight excluding hydrogens is 392 g/mol. The SMILES string of the molecule is CCCCN1C(=O)c2ccc(C(=O)OCC(=O)N[C@H](C)c3cccs3)cc2C1=O. The number of nitrogens with one attached hydrogen (secondary N) is 1. The Morgan fingerprint density at radius 1 is 1.17 bits per heavy atom. The maximum Gasteiger partial charge on any atom is 0.338 e. The second kappa shape index (κ2) is 9.00. The average molecular weight is 414 g/mol. The van der Waals surface area contributed by atoms with E-state index in [4.69, 9.17) is 4.74 Å². The molecular formula is C21H22N2O5S. The standard InChI is InChI=1S/C21H22N2O5S/c1-3-4-9-23-19(25)15-8-7-14(11-16(15)20(23)26)21(27)28-12-18(24)22-13(2)17-6-5-10-29-17/h5-8,10-11,13H,3-4,9,12H2,1-2H3,(H,22,24)/t13-/m1/s1. The number of esters is 1. The minimum absolute atomic E-state index is 0.126. The number of benzene rings is 1. The number of imide groups is 1. The van der Waals surface area contributed by atoms with Gasteiger partial charge in [0.05, 0.1) is 22.7 Å². The van der Waals surface area contributed by atoms with Crippen LogP contribution in [0.2, 0.25) is 0 Å². The zero-order chi connectivity index (χ0) is 21.0. The molecule has 0 radical (unpaired) electrons. The van der Waals surface area contributed by atoms with Gasteiger partial charge in [-0.15, -0.1) is 11.3 Å². The van der Waals surface area contributed by atoms with Crippen molar-refractivity contribution >= 4 is 35.0 Å². The lowest BCUT2D eigenvalue weighted by Gasteiger charge is -2.12. The zero-order valence-electron chi connectivity index (χ0n) is 16.3. The molecule has 1 atom stereocenters. The summed E-state index contributed by atoms with van der Waals surface area (Å²) >= 11 is 1.52. The predicted molar refractivity (Wildman–Crippen MR) is 108 cm³/mol. The molecule has 3 amide bonds. The predicted octanol–water partition coefficient (Wildman–Crippen LogP) is 3.18. The normalized spacial score (nSPS) is 13.9. The number of rotatable bonds is 8. The van der Waals surface area contributed by atoms with Crippen LogP contribution < -0.4 is 5.32 Å². The summed E-state index contributed by atoms with van der Waals surface area (Å²) in [7, 11) is 0. The minimum atomic E-state index is -0.723. The Balaban J connectivity index is 1.60. The number of hydrogen-bond acceptors (Lipinski definition) is 6. The maximum absolute atomic E-state index is 12.5. The molecule has 1 aromatic carbocycles. The summed E-state index contributed by atoms with van der Waals surface area (Å²) in [6.45, 7) is 3.74.